The molecule has 12 nitrogen and oxygen atoms in total. The monoisotopic (exact) mass is 1380 g/mol. The molecule has 1 atom stereocenters. The highest BCUT2D eigenvalue weighted by Gasteiger charge is 2.33. The van der Waals surface area contributed by atoms with Gasteiger partial charge in [0.25, 0.3) is 11.1 Å². The van der Waals surface area contributed by atoms with Crippen LogP contribution in [0.15, 0.2) is 159 Å². The number of alkyl halides is 6. The van der Waals surface area contributed by atoms with Crippen molar-refractivity contribution in [3.8, 4) is 22.3 Å². The maximum atomic E-state index is 14.9. The van der Waals surface area contributed by atoms with Gasteiger partial charge in [0.2, 0.25) is 11.8 Å². The molecular formula is C74H80F8N8O4S2. The average Bonchev–Trinajstić information content (AvgIpc) is 1.51. The van der Waals surface area contributed by atoms with Gasteiger partial charge in [-0.2, -0.15) is 36.3 Å². The molecule has 10 rings (SSSR count). The lowest BCUT2D eigenvalue weighted by Gasteiger charge is -2.28. The van der Waals surface area contributed by atoms with Crippen LogP contribution in [0.25, 0.3) is 22.3 Å². The predicted octanol–water partition coefficient (Wildman–Crippen LogP) is 15.0. The lowest BCUT2D eigenvalue weighted by Crippen LogP contribution is -2.40. The predicted molar refractivity (Wildman–Crippen MR) is 362 cm³/mol. The number of carbonyl (C=O) groups excluding carboxylic acids is 2. The summed E-state index contributed by atoms with van der Waals surface area (Å²) in [5, 5.41) is -0.772. The molecule has 0 spiro atoms. The maximum absolute atomic E-state index is 14.9. The van der Waals surface area contributed by atoms with E-state index in [4.69, 9.17) is 16.4 Å². The van der Waals surface area contributed by atoms with E-state index in [1.165, 1.54) is 72.8 Å². The Morgan fingerprint density at radius 2 is 1.03 bits per heavy atom. The van der Waals surface area contributed by atoms with Crippen LogP contribution in [-0.2, 0) is 85.0 Å². The molecule has 1 unspecified atom stereocenters. The fraction of sp³-hybridized carbons (Fsp3) is 0.378. The molecule has 2 amide bonds. The smallest absolute Gasteiger partial charge is 0.336 e. The molecule has 6 aromatic carbocycles. The highest BCUT2D eigenvalue weighted by atomic mass is 32.2. The lowest BCUT2D eigenvalue weighted by molar-refractivity contribution is -0.138. The van der Waals surface area contributed by atoms with E-state index in [2.05, 4.69) is 9.97 Å². The Kier molecular flexibility index (Phi) is 17.0. The number of amides is 2. The number of carbonyl (C=O) groups is 2. The first-order valence-electron chi connectivity index (χ1n) is 40.5. The quantitative estimate of drug-likeness (QED) is 0.0295. The van der Waals surface area contributed by atoms with Crippen molar-refractivity contribution in [2.24, 2.45) is 5.89 Å². The summed E-state index contributed by atoms with van der Waals surface area (Å²) in [6.07, 6.45) is -15.1. The van der Waals surface area contributed by atoms with Crippen molar-refractivity contribution in [3.63, 3.8) is 0 Å². The van der Waals surface area contributed by atoms with E-state index in [9.17, 15) is 65.3 Å². The van der Waals surface area contributed by atoms with Crippen LogP contribution in [0, 0.1) is 24.5 Å². The number of nitrogens with zero attached hydrogens (tertiary/aromatic N) is 8. The fourth-order valence-corrected chi connectivity index (χ4v) is 11.8. The van der Waals surface area contributed by atoms with Gasteiger partial charge in [0.05, 0.1) is 31.7 Å². The number of hydrogen-bond acceptors (Lipinski definition) is 10. The summed E-state index contributed by atoms with van der Waals surface area (Å²) in [5.41, 5.74) is -7.28. The SMILES string of the molecule is [2H]C([2H])(c1ccc(-c2ccc(C(F)(F)F)cc2)cc1)N(CCN(CC)CC)C(=O)C([2H])([2H])n1c(SCc2ccc(F)cc2)nc(=O)c2c1C([2H])([2H])C([2H])(C)C2([2H])[2H].[2H]c1c([2H])c(C(F)(F)F)c([2H])c([2H])c1-c1c([2H])c([2H])c(C([2H])([2H])N(CCN(CC)CC)C(=O)C([2H])([2H])n2c(SCc3ccc(F)cc3)nc(=O)c3c2CCC3)c(C)c1[2H]. The van der Waals surface area contributed by atoms with Crippen LogP contribution in [0.2, 0.25) is 0 Å². The van der Waals surface area contributed by atoms with Gasteiger partial charge in [-0.1, -0.05) is 149 Å². The molecule has 96 heavy (non-hydrogen) atoms. The topological polar surface area (TPSA) is 117 Å². The summed E-state index contributed by atoms with van der Waals surface area (Å²) >= 11 is 1.58. The summed E-state index contributed by atoms with van der Waals surface area (Å²) in [6.45, 7) is -2.33. The van der Waals surface area contributed by atoms with E-state index in [1.807, 2.05) is 23.6 Å². The minimum Gasteiger partial charge on any atom is -0.336 e. The van der Waals surface area contributed by atoms with Crippen molar-refractivity contribution < 1.29 is 72.1 Å². The van der Waals surface area contributed by atoms with Crippen LogP contribution in [0.1, 0.15) is 130 Å². The normalized spacial score (nSPS) is 19.0. The van der Waals surface area contributed by atoms with Crippen molar-refractivity contribution >= 4 is 35.3 Å². The Morgan fingerprint density at radius 1 is 0.573 bits per heavy atom. The van der Waals surface area contributed by atoms with Crippen molar-refractivity contribution in [1.29, 1.82) is 0 Å². The second kappa shape index (κ2) is 32.9. The number of halogens is 8. The molecule has 0 fully saturated rings. The molecule has 0 aliphatic heterocycles. The first-order chi connectivity index (χ1) is 53.8. The van der Waals surface area contributed by atoms with Gasteiger partial charge in [0, 0.05) is 80.0 Å². The van der Waals surface area contributed by atoms with Crippen molar-refractivity contribution in [3.05, 3.63) is 233 Å². The Bertz CT molecular complexity index is 5100. The standard InChI is InChI=1S/2C37H40F4N4O2S/c1-4-43(5-2)18-19-44(22-26-6-10-28(11-7-26)29-12-14-30(15-13-29)37(39,40)41)34(46)23-45-33-21-25(3)20-32(33)35(47)42-36(45)48-24-27-8-16-31(38)17-9-27;1-4-43(5-2)19-20-44(22-29-12-11-28(21-25(29)3)27-13-15-30(16-14-27)37(39,40)41)34(46)23-45-33-8-6-7-32(33)35(47)42-36(45)48-24-26-9-17-31(38)18-10-26/h6-17,25H,4-5,18-24H2,1-3H3;9-18,21H,4-8,19-20,22-24H2,1-3H3/i20D2,21D2,22D2,23D2,25D;11D,12D,13D,14D,15D,16D,21D,22D2,23D2. The Balaban J connectivity index is 0.000000265. The molecule has 2 heterocycles. The van der Waals surface area contributed by atoms with Crippen LogP contribution in [0.4, 0.5) is 35.1 Å². The van der Waals surface area contributed by atoms with E-state index in [0.29, 0.717) is 81.0 Å². The van der Waals surface area contributed by atoms with Gasteiger partial charge in [-0.05, 0) is 170 Å². The largest absolute Gasteiger partial charge is 0.416 e. The van der Waals surface area contributed by atoms with Gasteiger partial charge in [-0.15, -0.1) is 0 Å². The third-order valence-electron chi connectivity index (χ3n) is 15.4. The van der Waals surface area contributed by atoms with Gasteiger partial charge in [-0.3, -0.25) is 19.2 Å². The van der Waals surface area contributed by atoms with Gasteiger partial charge < -0.3 is 28.7 Å². The average molecular weight is 1380 g/mol. The van der Waals surface area contributed by atoms with E-state index >= 15 is 0 Å². The number of rotatable bonds is 26. The number of aromatic nitrogens is 4. The van der Waals surface area contributed by atoms with Gasteiger partial charge in [0.1, 0.15) is 24.6 Å². The van der Waals surface area contributed by atoms with Crippen molar-refractivity contribution in [1.82, 2.24) is 38.7 Å². The Labute approximate surface area is 591 Å². The number of hydrogen-bond donors (Lipinski definition) is 0. The highest BCUT2D eigenvalue weighted by Crippen LogP contribution is 2.35. The molecule has 0 bridgehead atoms. The molecule has 0 N–H and O–H groups in total. The van der Waals surface area contributed by atoms with Gasteiger partial charge in [0.15, 0.2) is 10.3 Å². The highest BCUT2D eigenvalue weighted by molar-refractivity contribution is 7.98. The lowest BCUT2D eigenvalue weighted by atomic mass is 9.98. The molecule has 0 radical (unpaired) electrons. The molecule has 508 valence electrons. The minimum atomic E-state index is -5.29. The summed E-state index contributed by atoms with van der Waals surface area (Å²) in [6, 6.07) is 12.0. The second-order valence-electron chi connectivity index (χ2n) is 21.8. The molecule has 2 aliphatic carbocycles. The van der Waals surface area contributed by atoms with Crippen LogP contribution in [-0.4, -0.2) is 103 Å². The second-order valence-corrected chi connectivity index (χ2v) is 23.7. The summed E-state index contributed by atoms with van der Waals surface area (Å²) in [5.74, 6) is -6.79. The Morgan fingerprint density at radius 3 is 1.53 bits per heavy atom. The van der Waals surface area contributed by atoms with E-state index in [-0.39, 0.29) is 59.4 Å². The first-order valence-corrected chi connectivity index (χ1v) is 32.5. The first kappa shape index (κ1) is 49.6. The van der Waals surface area contributed by atoms with Crippen LogP contribution in [0.3, 0.4) is 0 Å². The molecule has 22 heteroatoms. The Hall–Kier alpha value is -7.92. The molecular weight excluding hydrogens is 1280 g/mol. The summed E-state index contributed by atoms with van der Waals surface area (Å²) in [7, 11) is 0. The van der Waals surface area contributed by atoms with Crippen LogP contribution >= 0.6 is 23.5 Å². The zero-order valence-corrected chi connectivity index (χ0v) is 54.6. The van der Waals surface area contributed by atoms with Crippen molar-refractivity contribution in [2.45, 2.75) is 134 Å². The number of benzene rings is 6. The van der Waals surface area contributed by atoms with E-state index < -0.39 is 197 Å². The number of thioether (sulfide) groups is 2. The zero-order chi connectivity index (χ0) is 86.6. The fourth-order valence-electron chi connectivity index (χ4n) is 10.0. The summed E-state index contributed by atoms with van der Waals surface area (Å²) in [4.78, 5) is 69.2. The van der Waals surface area contributed by atoms with Crippen LogP contribution in [0.5, 0.6) is 0 Å². The molecule has 8 aromatic rings. The van der Waals surface area contributed by atoms with Crippen LogP contribution < -0.4 is 11.1 Å². The third-order valence-corrected chi connectivity index (χ3v) is 17.4. The molecule has 2 aliphatic rings. The zero-order valence-electron chi connectivity index (χ0n) is 73.0. The van der Waals surface area contributed by atoms with Crippen molar-refractivity contribution in [2.75, 3.05) is 52.4 Å². The van der Waals surface area contributed by atoms with Gasteiger partial charge in [-0.25, -0.2) is 8.78 Å². The molecule has 2 aromatic heterocycles. The maximum Gasteiger partial charge on any atom is 0.416 e. The third kappa shape index (κ3) is 19.0. The number of likely N-dealkylation sites (N-methyl/N-ethyl adjacent to an activating group) is 2. The van der Waals surface area contributed by atoms with E-state index in [1.54, 1.807) is 13.8 Å². The molecule has 0 saturated heterocycles. The molecule has 0 saturated carbocycles. The van der Waals surface area contributed by atoms with E-state index in [0.717, 1.165) is 54.4 Å². The number of fused-ring (bicyclic) bond motifs is 2. The minimum absolute atomic E-state index is 0.0124. The van der Waals surface area contributed by atoms with Gasteiger partial charge >= 0.3 is 12.4 Å². The summed E-state index contributed by atoms with van der Waals surface area (Å²) < 4.78 is 288.